The van der Waals surface area contributed by atoms with Crippen LogP contribution in [0.25, 0.3) is 0 Å². The molecule has 1 aromatic rings. The van der Waals surface area contributed by atoms with Crippen molar-refractivity contribution >= 4 is 21.8 Å². The van der Waals surface area contributed by atoms with Crippen molar-refractivity contribution in [2.24, 2.45) is 5.92 Å². The van der Waals surface area contributed by atoms with E-state index in [1.807, 2.05) is 12.1 Å². The molecule has 20 heavy (non-hydrogen) atoms. The number of rotatable bonds is 3. The van der Waals surface area contributed by atoms with Crippen LogP contribution in [0.2, 0.25) is 0 Å². The van der Waals surface area contributed by atoms with Gasteiger partial charge in [0.2, 0.25) is 0 Å². The maximum Gasteiger partial charge on any atom is 0.251 e. The predicted octanol–water partition coefficient (Wildman–Crippen LogP) is 4.28. The molecule has 1 fully saturated rings. The van der Waals surface area contributed by atoms with Crippen LogP contribution in [0.1, 0.15) is 56.0 Å². The minimum atomic E-state index is 0.0389. The van der Waals surface area contributed by atoms with E-state index in [1.165, 1.54) is 24.8 Å². The highest BCUT2D eigenvalue weighted by Crippen LogP contribution is 2.30. The summed E-state index contributed by atoms with van der Waals surface area (Å²) in [6.45, 7) is 7.31. The minimum Gasteiger partial charge on any atom is -0.352 e. The molecule has 2 nitrogen and oxygen atoms in total. The van der Waals surface area contributed by atoms with Crippen molar-refractivity contribution in [3.63, 3.8) is 0 Å². The highest BCUT2D eigenvalue weighted by atomic mass is 79.9. The lowest BCUT2D eigenvalue weighted by Crippen LogP contribution is -2.31. The SMILES string of the molecule is CC(C)(C)c1ccc(C(=O)NCC2CCCC2Br)cc1. The van der Waals surface area contributed by atoms with Crippen LogP contribution in [0.15, 0.2) is 24.3 Å². The third-order valence-electron chi connectivity index (χ3n) is 4.10. The molecule has 1 aliphatic rings. The zero-order valence-corrected chi connectivity index (χ0v) is 14.2. The van der Waals surface area contributed by atoms with Crippen LogP contribution < -0.4 is 5.32 Å². The molecule has 1 aliphatic carbocycles. The van der Waals surface area contributed by atoms with Crippen LogP contribution in [0, 0.1) is 5.92 Å². The van der Waals surface area contributed by atoms with E-state index in [0.29, 0.717) is 10.7 Å². The van der Waals surface area contributed by atoms with Crippen molar-refractivity contribution in [3.8, 4) is 0 Å². The maximum absolute atomic E-state index is 12.1. The number of benzene rings is 1. The average molecular weight is 338 g/mol. The number of nitrogens with one attached hydrogen (secondary N) is 1. The second kappa shape index (κ2) is 6.30. The number of hydrogen-bond donors (Lipinski definition) is 1. The number of carbonyl (C=O) groups is 1. The normalized spacial score (nSPS) is 22.8. The highest BCUT2D eigenvalue weighted by Gasteiger charge is 2.25. The average Bonchev–Trinajstić information content (AvgIpc) is 2.81. The molecule has 1 saturated carbocycles. The maximum atomic E-state index is 12.1. The van der Waals surface area contributed by atoms with Gasteiger partial charge in [-0.3, -0.25) is 4.79 Å². The number of alkyl halides is 1. The van der Waals surface area contributed by atoms with Crippen LogP contribution in [-0.2, 0) is 5.41 Å². The van der Waals surface area contributed by atoms with E-state index in [4.69, 9.17) is 0 Å². The third-order valence-corrected chi connectivity index (χ3v) is 5.31. The second-order valence-electron chi connectivity index (χ2n) is 6.74. The van der Waals surface area contributed by atoms with Crippen molar-refractivity contribution in [3.05, 3.63) is 35.4 Å². The zero-order chi connectivity index (χ0) is 14.8. The van der Waals surface area contributed by atoms with Gasteiger partial charge < -0.3 is 5.32 Å². The number of amides is 1. The standard InChI is InChI=1S/C17H24BrNO/c1-17(2,3)14-9-7-12(8-10-14)16(20)19-11-13-5-4-6-15(13)18/h7-10,13,15H,4-6,11H2,1-3H3,(H,19,20). The molecular formula is C17H24BrNO. The Hall–Kier alpha value is -0.830. The van der Waals surface area contributed by atoms with Gasteiger partial charge in [-0.25, -0.2) is 0 Å². The molecule has 0 heterocycles. The molecule has 0 saturated heterocycles. The Bertz CT molecular complexity index is 461. The van der Waals surface area contributed by atoms with Gasteiger partial charge in [0.25, 0.3) is 5.91 Å². The smallest absolute Gasteiger partial charge is 0.251 e. The van der Waals surface area contributed by atoms with Crippen LogP contribution >= 0.6 is 15.9 Å². The van der Waals surface area contributed by atoms with Gasteiger partial charge in [0.15, 0.2) is 0 Å². The molecule has 0 aliphatic heterocycles. The van der Waals surface area contributed by atoms with Crippen molar-refractivity contribution in [2.45, 2.75) is 50.3 Å². The zero-order valence-electron chi connectivity index (χ0n) is 12.6. The lowest BCUT2D eigenvalue weighted by molar-refractivity contribution is 0.0948. The van der Waals surface area contributed by atoms with Crippen LogP contribution in [-0.4, -0.2) is 17.3 Å². The fourth-order valence-electron chi connectivity index (χ4n) is 2.67. The first-order valence-electron chi connectivity index (χ1n) is 7.41. The molecule has 1 amide bonds. The predicted molar refractivity (Wildman–Crippen MR) is 87.5 cm³/mol. The Morgan fingerprint density at radius 1 is 1.25 bits per heavy atom. The van der Waals surface area contributed by atoms with Crippen molar-refractivity contribution in [1.29, 1.82) is 0 Å². The van der Waals surface area contributed by atoms with E-state index >= 15 is 0 Å². The molecule has 2 atom stereocenters. The van der Waals surface area contributed by atoms with Crippen LogP contribution in [0.3, 0.4) is 0 Å². The summed E-state index contributed by atoms with van der Waals surface area (Å²) in [5, 5.41) is 3.06. The molecule has 3 heteroatoms. The first kappa shape index (κ1) is 15.6. The molecular weight excluding hydrogens is 314 g/mol. The molecule has 0 aromatic heterocycles. The van der Waals surface area contributed by atoms with Gasteiger partial charge in [-0.1, -0.05) is 55.3 Å². The molecule has 2 unspecified atom stereocenters. The van der Waals surface area contributed by atoms with E-state index in [0.717, 1.165) is 12.1 Å². The van der Waals surface area contributed by atoms with Gasteiger partial charge in [0.05, 0.1) is 0 Å². The molecule has 2 rings (SSSR count). The first-order valence-corrected chi connectivity index (χ1v) is 8.32. The molecule has 0 radical (unpaired) electrons. The minimum absolute atomic E-state index is 0.0389. The fraction of sp³-hybridized carbons (Fsp3) is 0.588. The molecule has 1 aromatic carbocycles. The summed E-state index contributed by atoms with van der Waals surface area (Å²) in [5.74, 6) is 0.616. The molecule has 1 N–H and O–H groups in total. The van der Waals surface area contributed by atoms with Crippen molar-refractivity contribution in [2.75, 3.05) is 6.54 Å². The van der Waals surface area contributed by atoms with Gasteiger partial charge in [0, 0.05) is 16.9 Å². The topological polar surface area (TPSA) is 29.1 Å². The fourth-order valence-corrected chi connectivity index (χ4v) is 3.44. The summed E-state index contributed by atoms with van der Waals surface area (Å²) >= 11 is 3.69. The van der Waals surface area contributed by atoms with Crippen LogP contribution in [0.5, 0.6) is 0 Å². The summed E-state index contributed by atoms with van der Waals surface area (Å²) in [5.41, 5.74) is 2.13. The largest absolute Gasteiger partial charge is 0.352 e. The third kappa shape index (κ3) is 3.85. The van der Waals surface area contributed by atoms with E-state index < -0.39 is 0 Å². The molecule has 110 valence electrons. The lowest BCUT2D eigenvalue weighted by atomic mass is 9.87. The number of hydrogen-bond acceptors (Lipinski definition) is 1. The van der Waals surface area contributed by atoms with E-state index in [1.54, 1.807) is 0 Å². The van der Waals surface area contributed by atoms with Gasteiger partial charge >= 0.3 is 0 Å². The number of carbonyl (C=O) groups excluding carboxylic acids is 1. The van der Waals surface area contributed by atoms with Gasteiger partial charge in [-0.05, 0) is 41.9 Å². The van der Waals surface area contributed by atoms with Gasteiger partial charge in [-0.2, -0.15) is 0 Å². The summed E-state index contributed by atoms with van der Waals surface area (Å²) in [4.78, 5) is 12.7. The number of halogens is 1. The Morgan fingerprint density at radius 2 is 1.90 bits per heavy atom. The molecule has 0 spiro atoms. The lowest BCUT2D eigenvalue weighted by Gasteiger charge is -2.19. The quantitative estimate of drug-likeness (QED) is 0.819. The summed E-state index contributed by atoms with van der Waals surface area (Å²) in [7, 11) is 0. The monoisotopic (exact) mass is 337 g/mol. The first-order chi connectivity index (χ1) is 9.38. The Labute approximate surface area is 130 Å². The summed E-state index contributed by atoms with van der Waals surface area (Å²) in [6.07, 6.45) is 3.69. The Kier molecular flexibility index (Phi) is 4.90. The Morgan fingerprint density at radius 3 is 2.40 bits per heavy atom. The molecule has 0 bridgehead atoms. The second-order valence-corrected chi connectivity index (χ2v) is 7.92. The van der Waals surface area contributed by atoms with Crippen LogP contribution in [0.4, 0.5) is 0 Å². The summed E-state index contributed by atoms with van der Waals surface area (Å²) < 4.78 is 0. The van der Waals surface area contributed by atoms with E-state index in [2.05, 4.69) is 54.2 Å². The van der Waals surface area contributed by atoms with Gasteiger partial charge in [-0.15, -0.1) is 0 Å². The van der Waals surface area contributed by atoms with E-state index in [-0.39, 0.29) is 11.3 Å². The summed E-state index contributed by atoms with van der Waals surface area (Å²) in [6, 6.07) is 7.96. The highest BCUT2D eigenvalue weighted by molar-refractivity contribution is 9.09. The van der Waals surface area contributed by atoms with Gasteiger partial charge in [0.1, 0.15) is 0 Å². The van der Waals surface area contributed by atoms with E-state index in [9.17, 15) is 4.79 Å². The van der Waals surface area contributed by atoms with Crippen molar-refractivity contribution < 1.29 is 4.79 Å². The Balaban J connectivity index is 1.92. The van der Waals surface area contributed by atoms with Crippen molar-refractivity contribution in [1.82, 2.24) is 5.32 Å².